The Hall–Kier alpha value is -1.15. The topological polar surface area (TPSA) is 20.3 Å². The standard InChI is InChI=1S/C19H31NO/c1-14-9-11-15(12-10-14)13-16(17(21)18(2,3)4)20(8)19(5,6)7/h9-12,16H,13H2,1-8H3/t16-/m0/s1. The summed E-state index contributed by atoms with van der Waals surface area (Å²) in [6, 6.07) is 8.41. The average Bonchev–Trinajstić information content (AvgIpc) is 2.34. The summed E-state index contributed by atoms with van der Waals surface area (Å²) in [5.74, 6) is 0.306. The monoisotopic (exact) mass is 289 g/mol. The SMILES string of the molecule is Cc1ccc(C[C@@H](C(=O)C(C)(C)C)N(C)C(C)(C)C)cc1. The van der Waals surface area contributed by atoms with E-state index >= 15 is 0 Å². The van der Waals surface area contributed by atoms with Gasteiger partial charge in [0, 0.05) is 11.0 Å². The lowest BCUT2D eigenvalue weighted by Gasteiger charge is -2.40. The van der Waals surface area contributed by atoms with Crippen molar-refractivity contribution in [2.45, 2.75) is 66.5 Å². The number of nitrogens with zero attached hydrogens (tertiary/aromatic N) is 1. The normalized spacial score (nSPS) is 14.3. The molecule has 0 saturated heterocycles. The second-order valence-corrected chi connectivity index (χ2v) is 8.10. The molecule has 0 radical (unpaired) electrons. The first-order valence-corrected chi connectivity index (χ1v) is 7.75. The first-order valence-electron chi connectivity index (χ1n) is 7.75. The number of rotatable bonds is 4. The molecule has 0 aliphatic heterocycles. The van der Waals surface area contributed by atoms with Crippen molar-refractivity contribution in [3.05, 3.63) is 35.4 Å². The van der Waals surface area contributed by atoms with Crippen molar-refractivity contribution in [1.29, 1.82) is 0 Å². The van der Waals surface area contributed by atoms with Crippen LogP contribution in [-0.4, -0.2) is 29.3 Å². The van der Waals surface area contributed by atoms with Crippen molar-refractivity contribution < 1.29 is 4.79 Å². The molecule has 0 saturated carbocycles. The average molecular weight is 289 g/mol. The summed E-state index contributed by atoms with van der Waals surface area (Å²) < 4.78 is 0. The van der Waals surface area contributed by atoms with Crippen LogP contribution < -0.4 is 0 Å². The molecule has 0 fully saturated rings. The van der Waals surface area contributed by atoms with Gasteiger partial charge in [-0.15, -0.1) is 0 Å². The van der Waals surface area contributed by atoms with Gasteiger partial charge in [-0.2, -0.15) is 0 Å². The molecule has 0 amide bonds. The summed E-state index contributed by atoms with van der Waals surface area (Å²) in [4.78, 5) is 15.1. The number of aryl methyl sites for hydroxylation is 1. The minimum Gasteiger partial charge on any atom is -0.297 e. The van der Waals surface area contributed by atoms with E-state index in [0.717, 1.165) is 6.42 Å². The Balaban J connectivity index is 3.08. The predicted octanol–water partition coefficient (Wildman–Crippen LogP) is 4.25. The maximum atomic E-state index is 12.9. The molecule has 1 aromatic rings. The van der Waals surface area contributed by atoms with E-state index in [0.29, 0.717) is 5.78 Å². The zero-order valence-corrected chi connectivity index (χ0v) is 14.9. The second-order valence-electron chi connectivity index (χ2n) is 8.10. The van der Waals surface area contributed by atoms with Crippen LogP contribution in [0.5, 0.6) is 0 Å². The minimum atomic E-state index is -0.325. The number of carbonyl (C=O) groups excluding carboxylic acids is 1. The molecule has 0 heterocycles. The molecule has 0 N–H and O–H groups in total. The Kier molecular flexibility index (Phi) is 5.38. The van der Waals surface area contributed by atoms with Gasteiger partial charge in [0.25, 0.3) is 0 Å². The third kappa shape index (κ3) is 4.96. The van der Waals surface area contributed by atoms with Crippen LogP contribution in [0.15, 0.2) is 24.3 Å². The number of hydrogen-bond acceptors (Lipinski definition) is 2. The zero-order chi connectivity index (χ0) is 16.4. The molecule has 0 aromatic heterocycles. The van der Waals surface area contributed by atoms with E-state index in [1.807, 2.05) is 20.8 Å². The van der Waals surface area contributed by atoms with E-state index in [1.165, 1.54) is 11.1 Å². The number of carbonyl (C=O) groups is 1. The fraction of sp³-hybridized carbons (Fsp3) is 0.632. The van der Waals surface area contributed by atoms with Gasteiger partial charge >= 0.3 is 0 Å². The van der Waals surface area contributed by atoms with Crippen LogP contribution in [0.25, 0.3) is 0 Å². The van der Waals surface area contributed by atoms with Gasteiger partial charge < -0.3 is 0 Å². The maximum absolute atomic E-state index is 12.9. The fourth-order valence-electron chi connectivity index (χ4n) is 2.32. The van der Waals surface area contributed by atoms with Crippen molar-refractivity contribution in [2.75, 3.05) is 7.05 Å². The van der Waals surface area contributed by atoms with E-state index in [-0.39, 0.29) is 17.0 Å². The summed E-state index contributed by atoms with van der Waals surface area (Å²) >= 11 is 0. The van der Waals surface area contributed by atoms with Gasteiger partial charge in [0.15, 0.2) is 5.78 Å². The molecular weight excluding hydrogens is 258 g/mol. The molecule has 1 atom stereocenters. The van der Waals surface area contributed by atoms with Gasteiger partial charge in [-0.25, -0.2) is 0 Å². The van der Waals surface area contributed by atoms with Crippen LogP contribution in [0.1, 0.15) is 52.7 Å². The molecule has 2 heteroatoms. The molecule has 0 spiro atoms. The van der Waals surface area contributed by atoms with Crippen molar-refractivity contribution >= 4 is 5.78 Å². The van der Waals surface area contributed by atoms with E-state index < -0.39 is 0 Å². The third-order valence-electron chi connectivity index (χ3n) is 4.12. The first kappa shape index (κ1) is 17.9. The summed E-state index contributed by atoms with van der Waals surface area (Å²) in [5.41, 5.74) is 2.12. The number of benzene rings is 1. The van der Waals surface area contributed by atoms with Crippen molar-refractivity contribution in [2.24, 2.45) is 5.41 Å². The van der Waals surface area contributed by atoms with E-state index in [4.69, 9.17) is 0 Å². The lowest BCUT2D eigenvalue weighted by molar-refractivity contribution is -0.133. The van der Waals surface area contributed by atoms with Gasteiger partial charge in [-0.3, -0.25) is 9.69 Å². The molecule has 1 rings (SSSR count). The second kappa shape index (κ2) is 6.31. The van der Waals surface area contributed by atoms with Crippen molar-refractivity contribution in [3.63, 3.8) is 0 Å². The quantitative estimate of drug-likeness (QED) is 0.826. The highest BCUT2D eigenvalue weighted by atomic mass is 16.1. The Morgan fingerprint density at radius 2 is 1.52 bits per heavy atom. The highest BCUT2D eigenvalue weighted by molar-refractivity contribution is 5.89. The van der Waals surface area contributed by atoms with Crippen molar-refractivity contribution in [3.8, 4) is 0 Å². The Bertz CT molecular complexity index is 474. The molecular formula is C19H31NO. The zero-order valence-electron chi connectivity index (χ0n) is 14.9. The first-order chi connectivity index (χ1) is 9.43. The van der Waals surface area contributed by atoms with Crippen LogP contribution in [0.2, 0.25) is 0 Å². The minimum absolute atomic E-state index is 0.0315. The molecule has 0 aliphatic rings. The Morgan fingerprint density at radius 3 is 1.90 bits per heavy atom. The maximum Gasteiger partial charge on any atom is 0.155 e. The van der Waals surface area contributed by atoms with Crippen LogP contribution in [-0.2, 0) is 11.2 Å². The number of ketones is 1. The third-order valence-corrected chi connectivity index (χ3v) is 4.12. The number of likely N-dealkylation sites (N-methyl/N-ethyl adjacent to an activating group) is 1. The molecule has 1 aromatic carbocycles. The Morgan fingerprint density at radius 1 is 1.05 bits per heavy atom. The Labute approximate surface area is 130 Å². The van der Waals surface area contributed by atoms with Gasteiger partial charge in [0.05, 0.1) is 6.04 Å². The van der Waals surface area contributed by atoms with Gasteiger partial charge in [0.1, 0.15) is 0 Å². The smallest absolute Gasteiger partial charge is 0.155 e. The number of hydrogen-bond donors (Lipinski definition) is 0. The molecule has 21 heavy (non-hydrogen) atoms. The summed E-state index contributed by atoms with van der Waals surface area (Å²) in [6.45, 7) is 14.6. The van der Waals surface area contributed by atoms with Gasteiger partial charge in [-0.05, 0) is 46.7 Å². The summed E-state index contributed by atoms with van der Waals surface area (Å²) in [7, 11) is 2.06. The highest BCUT2D eigenvalue weighted by Crippen LogP contribution is 2.26. The lowest BCUT2D eigenvalue weighted by atomic mass is 9.82. The van der Waals surface area contributed by atoms with E-state index in [1.54, 1.807) is 0 Å². The van der Waals surface area contributed by atoms with E-state index in [2.05, 4.69) is 63.9 Å². The fourth-order valence-corrected chi connectivity index (χ4v) is 2.32. The molecule has 2 nitrogen and oxygen atoms in total. The largest absolute Gasteiger partial charge is 0.297 e. The summed E-state index contributed by atoms with van der Waals surface area (Å²) in [6.07, 6.45) is 0.768. The molecule has 0 unspecified atom stereocenters. The van der Waals surface area contributed by atoms with Crippen LogP contribution in [0, 0.1) is 12.3 Å². The van der Waals surface area contributed by atoms with E-state index in [9.17, 15) is 4.79 Å². The summed E-state index contributed by atoms with van der Waals surface area (Å²) in [5, 5.41) is 0. The molecule has 118 valence electrons. The molecule has 0 aliphatic carbocycles. The number of Topliss-reactive ketones (excluding diaryl/α,β-unsaturated/α-hetero) is 1. The van der Waals surface area contributed by atoms with Crippen molar-refractivity contribution in [1.82, 2.24) is 4.90 Å². The highest BCUT2D eigenvalue weighted by Gasteiger charge is 2.36. The molecule has 0 bridgehead atoms. The van der Waals surface area contributed by atoms with Crippen LogP contribution in [0.3, 0.4) is 0 Å². The van der Waals surface area contributed by atoms with Gasteiger partial charge in [0.2, 0.25) is 0 Å². The van der Waals surface area contributed by atoms with Crippen LogP contribution in [0.4, 0.5) is 0 Å². The van der Waals surface area contributed by atoms with Crippen LogP contribution >= 0.6 is 0 Å². The lowest BCUT2D eigenvalue weighted by Crippen LogP contribution is -2.52. The van der Waals surface area contributed by atoms with Gasteiger partial charge in [-0.1, -0.05) is 50.6 Å². The predicted molar refractivity (Wildman–Crippen MR) is 90.6 cm³/mol.